The number of halogens is 1. The van der Waals surface area contributed by atoms with Gasteiger partial charge in [0.25, 0.3) is 0 Å². The van der Waals surface area contributed by atoms with E-state index in [4.69, 9.17) is 9.47 Å². The summed E-state index contributed by atoms with van der Waals surface area (Å²) in [6.07, 6.45) is 2.43. The minimum Gasteiger partial charge on any atom is -0.486 e. The lowest BCUT2D eigenvalue weighted by Gasteiger charge is -2.14. The van der Waals surface area contributed by atoms with Crippen LogP contribution in [-0.2, 0) is 9.53 Å². The second-order valence-corrected chi connectivity index (χ2v) is 3.82. The van der Waals surface area contributed by atoms with Gasteiger partial charge in [-0.2, -0.15) is 0 Å². The maximum absolute atomic E-state index is 13.5. The summed E-state index contributed by atoms with van der Waals surface area (Å²) < 4.78 is 24.3. The molecule has 1 atom stereocenters. The minimum absolute atomic E-state index is 0.0127. The molecule has 0 bridgehead atoms. The Morgan fingerprint density at radius 2 is 2.47 bits per heavy atom. The minimum atomic E-state index is -0.491. The molecule has 1 aromatic rings. The van der Waals surface area contributed by atoms with E-state index < -0.39 is 5.82 Å². The lowest BCUT2D eigenvalue weighted by Crippen LogP contribution is -2.17. The fraction of sp³-hybridized carbons (Fsp3) is 0.417. The van der Waals surface area contributed by atoms with E-state index in [0.29, 0.717) is 18.7 Å². The largest absolute Gasteiger partial charge is 0.486 e. The summed E-state index contributed by atoms with van der Waals surface area (Å²) in [7, 11) is 0. The van der Waals surface area contributed by atoms with E-state index in [9.17, 15) is 9.18 Å². The Hall–Kier alpha value is -1.62. The summed E-state index contributed by atoms with van der Waals surface area (Å²) in [4.78, 5) is 10.4. The fourth-order valence-corrected chi connectivity index (χ4v) is 1.78. The van der Waals surface area contributed by atoms with Crippen molar-refractivity contribution in [3.63, 3.8) is 0 Å². The van der Waals surface area contributed by atoms with E-state index in [1.807, 2.05) is 0 Å². The monoisotopic (exact) mass is 239 g/mol. The van der Waals surface area contributed by atoms with Gasteiger partial charge in [0.2, 0.25) is 6.41 Å². The van der Waals surface area contributed by atoms with Gasteiger partial charge in [0.15, 0.2) is 11.6 Å². The first-order valence-corrected chi connectivity index (χ1v) is 5.54. The summed E-state index contributed by atoms with van der Waals surface area (Å²) in [5, 5.41) is 2.41. The standard InChI is InChI=1S/C12H14FNO3/c13-10-4-1-5-11(14-8-15)12(10)17-7-9-3-2-6-16-9/h1,4-5,8-9H,2-3,6-7H2,(H,14,15). The first-order chi connectivity index (χ1) is 8.31. The third kappa shape index (κ3) is 2.94. The second-order valence-electron chi connectivity index (χ2n) is 3.82. The molecular weight excluding hydrogens is 225 g/mol. The predicted octanol–water partition coefficient (Wildman–Crippen LogP) is 1.95. The summed E-state index contributed by atoms with van der Waals surface area (Å²) >= 11 is 0. The highest BCUT2D eigenvalue weighted by Crippen LogP contribution is 2.28. The highest BCUT2D eigenvalue weighted by molar-refractivity contribution is 5.75. The highest BCUT2D eigenvalue weighted by atomic mass is 19.1. The predicted molar refractivity (Wildman–Crippen MR) is 60.6 cm³/mol. The van der Waals surface area contributed by atoms with E-state index in [2.05, 4.69) is 5.32 Å². The van der Waals surface area contributed by atoms with Gasteiger partial charge in [-0.15, -0.1) is 0 Å². The summed E-state index contributed by atoms with van der Waals surface area (Å²) in [5.74, 6) is -0.426. The topological polar surface area (TPSA) is 47.6 Å². The molecule has 5 heteroatoms. The normalized spacial score (nSPS) is 19.0. The number of amides is 1. The zero-order valence-corrected chi connectivity index (χ0v) is 9.32. The number of anilines is 1. The number of carbonyl (C=O) groups excluding carboxylic acids is 1. The van der Waals surface area contributed by atoms with E-state index in [1.54, 1.807) is 6.07 Å². The van der Waals surface area contributed by atoms with Gasteiger partial charge >= 0.3 is 0 Å². The Bertz CT molecular complexity index is 391. The molecular formula is C12H14FNO3. The van der Waals surface area contributed by atoms with E-state index in [0.717, 1.165) is 19.4 Å². The van der Waals surface area contributed by atoms with Crippen molar-refractivity contribution in [2.24, 2.45) is 0 Å². The average Bonchev–Trinajstić information content (AvgIpc) is 2.82. The molecule has 1 saturated heterocycles. The van der Waals surface area contributed by atoms with Crippen LogP contribution in [0, 0.1) is 5.82 Å². The van der Waals surface area contributed by atoms with Crippen LogP contribution in [0.4, 0.5) is 10.1 Å². The maximum atomic E-state index is 13.5. The van der Waals surface area contributed by atoms with Crippen molar-refractivity contribution in [3.8, 4) is 5.75 Å². The zero-order chi connectivity index (χ0) is 12.1. The SMILES string of the molecule is O=CNc1cccc(F)c1OCC1CCCO1. The first-order valence-electron chi connectivity index (χ1n) is 5.54. The molecule has 0 spiro atoms. The Morgan fingerprint density at radius 3 is 3.18 bits per heavy atom. The Balaban J connectivity index is 2.04. The molecule has 0 saturated carbocycles. The molecule has 1 aliphatic rings. The lowest BCUT2D eigenvalue weighted by molar-refractivity contribution is -0.105. The number of carbonyl (C=O) groups is 1. The van der Waals surface area contributed by atoms with Crippen molar-refractivity contribution >= 4 is 12.1 Å². The molecule has 92 valence electrons. The molecule has 1 heterocycles. The molecule has 1 fully saturated rings. The molecule has 1 aliphatic heterocycles. The van der Waals surface area contributed by atoms with Crippen LogP contribution in [-0.4, -0.2) is 25.7 Å². The number of rotatable bonds is 5. The van der Waals surface area contributed by atoms with Crippen LogP contribution in [0.15, 0.2) is 18.2 Å². The fourth-order valence-electron chi connectivity index (χ4n) is 1.78. The van der Waals surface area contributed by atoms with Crippen LogP contribution < -0.4 is 10.1 Å². The molecule has 1 aromatic carbocycles. The molecule has 4 nitrogen and oxygen atoms in total. The van der Waals surface area contributed by atoms with Crippen molar-refractivity contribution in [3.05, 3.63) is 24.0 Å². The van der Waals surface area contributed by atoms with Gasteiger partial charge in [-0.25, -0.2) is 4.39 Å². The van der Waals surface area contributed by atoms with E-state index in [1.165, 1.54) is 12.1 Å². The number of ether oxygens (including phenoxy) is 2. The molecule has 0 aliphatic carbocycles. The summed E-state index contributed by atoms with van der Waals surface area (Å²) in [6.45, 7) is 1.03. The third-order valence-corrected chi connectivity index (χ3v) is 2.62. The van der Waals surface area contributed by atoms with E-state index in [-0.39, 0.29) is 11.9 Å². The molecule has 0 radical (unpaired) electrons. The van der Waals surface area contributed by atoms with Gasteiger partial charge in [-0.05, 0) is 25.0 Å². The molecule has 0 aromatic heterocycles. The molecule has 1 amide bonds. The average molecular weight is 239 g/mol. The van der Waals surface area contributed by atoms with Crippen molar-refractivity contribution in [1.29, 1.82) is 0 Å². The maximum Gasteiger partial charge on any atom is 0.211 e. The van der Waals surface area contributed by atoms with Crippen molar-refractivity contribution in [2.45, 2.75) is 18.9 Å². The van der Waals surface area contributed by atoms with Gasteiger partial charge in [0.1, 0.15) is 6.61 Å². The third-order valence-electron chi connectivity index (χ3n) is 2.62. The quantitative estimate of drug-likeness (QED) is 0.799. The molecule has 1 unspecified atom stereocenters. The Labute approximate surface area is 98.7 Å². The molecule has 2 rings (SSSR count). The Morgan fingerprint density at radius 1 is 1.59 bits per heavy atom. The highest BCUT2D eigenvalue weighted by Gasteiger charge is 2.18. The van der Waals surface area contributed by atoms with Gasteiger partial charge in [0, 0.05) is 6.61 Å². The van der Waals surface area contributed by atoms with Gasteiger partial charge in [-0.1, -0.05) is 6.07 Å². The number of hydrogen-bond acceptors (Lipinski definition) is 3. The zero-order valence-electron chi connectivity index (χ0n) is 9.32. The second kappa shape index (κ2) is 5.63. The lowest BCUT2D eigenvalue weighted by atomic mass is 10.2. The Kier molecular flexibility index (Phi) is 3.93. The van der Waals surface area contributed by atoms with Crippen molar-refractivity contribution < 1.29 is 18.7 Å². The smallest absolute Gasteiger partial charge is 0.211 e. The molecule has 17 heavy (non-hydrogen) atoms. The van der Waals surface area contributed by atoms with Gasteiger partial charge in [-0.3, -0.25) is 4.79 Å². The van der Waals surface area contributed by atoms with Crippen LogP contribution in [0.5, 0.6) is 5.75 Å². The number of hydrogen-bond donors (Lipinski definition) is 1. The van der Waals surface area contributed by atoms with Crippen molar-refractivity contribution in [2.75, 3.05) is 18.5 Å². The van der Waals surface area contributed by atoms with Crippen LogP contribution in [0.2, 0.25) is 0 Å². The van der Waals surface area contributed by atoms with Crippen LogP contribution >= 0.6 is 0 Å². The van der Waals surface area contributed by atoms with E-state index >= 15 is 0 Å². The van der Waals surface area contributed by atoms with Crippen molar-refractivity contribution in [1.82, 2.24) is 0 Å². The van der Waals surface area contributed by atoms with Crippen LogP contribution in [0.25, 0.3) is 0 Å². The number of nitrogens with one attached hydrogen (secondary N) is 1. The first kappa shape index (κ1) is 11.9. The van der Waals surface area contributed by atoms with Gasteiger partial charge in [0.05, 0.1) is 11.8 Å². The summed E-state index contributed by atoms with van der Waals surface area (Å²) in [6, 6.07) is 4.39. The number of para-hydroxylation sites is 1. The van der Waals surface area contributed by atoms with Gasteiger partial charge < -0.3 is 14.8 Å². The van der Waals surface area contributed by atoms with Crippen LogP contribution in [0.1, 0.15) is 12.8 Å². The number of benzene rings is 1. The molecule has 1 N–H and O–H groups in total. The van der Waals surface area contributed by atoms with Crippen LogP contribution in [0.3, 0.4) is 0 Å². The summed E-state index contributed by atoms with van der Waals surface area (Å²) in [5.41, 5.74) is 0.331.